The van der Waals surface area contributed by atoms with Crippen LogP contribution < -0.4 is 5.32 Å². The van der Waals surface area contributed by atoms with Crippen LogP contribution in [0.2, 0.25) is 0 Å². The van der Waals surface area contributed by atoms with Gasteiger partial charge in [-0.1, -0.05) is 6.07 Å². The molecule has 6 nitrogen and oxygen atoms in total. The van der Waals surface area contributed by atoms with Gasteiger partial charge in [0.1, 0.15) is 5.82 Å². The van der Waals surface area contributed by atoms with Crippen LogP contribution in [0.15, 0.2) is 24.3 Å². The first-order valence-corrected chi connectivity index (χ1v) is 6.00. The van der Waals surface area contributed by atoms with Gasteiger partial charge in [-0.3, -0.25) is 9.59 Å². The molecule has 0 atom stereocenters. The van der Waals surface area contributed by atoms with Gasteiger partial charge in [0.05, 0.1) is 12.1 Å². The van der Waals surface area contributed by atoms with Gasteiger partial charge in [0.25, 0.3) is 5.91 Å². The maximum Gasteiger partial charge on any atom is 0.328 e. The summed E-state index contributed by atoms with van der Waals surface area (Å²) in [5, 5.41) is 10.8. The number of carboxylic acid groups (broad SMARTS) is 1. The Labute approximate surface area is 120 Å². The molecule has 0 aromatic heterocycles. The van der Waals surface area contributed by atoms with Crippen molar-refractivity contribution in [2.24, 2.45) is 0 Å². The highest BCUT2D eigenvalue weighted by atomic mass is 19.1. The number of likely N-dealkylation sites (N-methyl/N-ethyl adjacent to an activating group) is 1. The number of amides is 2. The number of halogens is 1. The molecule has 0 fully saturated rings. The van der Waals surface area contributed by atoms with E-state index in [0.29, 0.717) is 5.56 Å². The van der Waals surface area contributed by atoms with Crippen molar-refractivity contribution < 1.29 is 23.9 Å². The Morgan fingerprint density at radius 1 is 1.33 bits per heavy atom. The Balaban J connectivity index is 2.78. The van der Waals surface area contributed by atoms with Gasteiger partial charge >= 0.3 is 5.97 Å². The third-order valence-corrected chi connectivity index (χ3v) is 2.56. The van der Waals surface area contributed by atoms with Crippen LogP contribution in [0.4, 0.5) is 4.39 Å². The Hall–Kier alpha value is -2.70. The van der Waals surface area contributed by atoms with E-state index in [1.54, 1.807) is 14.1 Å². The molecule has 0 saturated heterocycles. The summed E-state index contributed by atoms with van der Waals surface area (Å²) in [4.78, 5) is 34.7. The van der Waals surface area contributed by atoms with Crippen LogP contribution in [0.5, 0.6) is 0 Å². The van der Waals surface area contributed by atoms with Crippen molar-refractivity contribution in [3.8, 4) is 0 Å². The van der Waals surface area contributed by atoms with Crippen LogP contribution in [0, 0.1) is 5.82 Å². The van der Waals surface area contributed by atoms with Crippen LogP contribution in [0.25, 0.3) is 6.08 Å². The second kappa shape index (κ2) is 7.18. The summed E-state index contributed by atoms with van der Waals surface area (Å²) in [6.07, 6.45) is 2.08. The van der Waals surface area contributed by atoms with Gasteiger partial charge in [0.15, 0.2) is 0 Å². The van der Waals surface area contributed by atoms with Gasteiger partial charge in [-0.15, -0.1) is 0 Å². The molecule has 0 spiro atoms. The van der Waals surface area contributed by atoms with Gasteiger partial charge in [0, 0.05) is 20.2 Å². The largest absolute Gasteiger partial charge is 0.478 e. The van der Waals surface area contributed by atoms with E-state index in [4.69, 9.17) is 5.11 Å². The smallest absolute Gasteiger partial charge is 0.328 e. The summed E-state index contributed by atoms with van der Waals surface area (Å²) >= 11 is 0. The Kier molecular flexibility index (Phi) is 5.59. The number of hydrogen-bond donors (Lipinski definition) is 2. The quantitative estimate of drug-likeness (QED) is 0.784. The third-order valence-electron chi connectivity index (χ3n) is 2.56. The highest BCUT2D eigenvalue weighted by Gasteiger charge is 2.13. The van der Waals surface area contributed by atoms with Crippen molar-refractivity contribution in [2.75, 3.05) is 20.6 Å². The molecule has 0 unspecified atom stereocenters. The summed E-state index contributed by atoms with van der Waals surface area (Å²) in [6, 6.07) is 3.68. The number of aliphatic carboxylic acids is 1. The van der Waals surface area contributed by atoms with Crippen molar-refractivity contribution in [3.05, 3.63) is 41.2 Å². The summed E-state index contributed by atoms with van der Waals surface area (Å²) in [6.45, 7) is -0.230. The molecule has 2 amide bonds. The lowest BCUT2D eigenvalue weighted by Crippen LogP contribution is -2.36. The summed E-state index contributed by atoms with van der Waals surface area (Å²) in [5.41, 5.74) is 0.102. The minimum Gasteiger partial charge on any atom is -0.478 e. The van der Waals surface area contributed by atoms with E-state index in [0.717, 1.165) is 12.1 Å². The second-order valence-corrected chi connectivity index (χ2v) is 4.38. The Morgan fingerprint density at radius 3 is 2.52 bits per heavy atom. The maximum absolute atomic E-state index is 13.8. The van der Waals surface area contributed by atoms with E-state index >= 15 is 0 Å². The standard InChI is InChI=1S/C14H15FN2O4/c1-17(2)12(18)8-16-14(21)10-5-3-9(7-11(10)15)4-6-13(19)20/h3-7H,8H2,1-2H3,(H,16,21)(H,19,20). The SMILES string of the molecule is CN(C)C(=O)CNC(=O)c1ccc(C=CC(=O)O)cc1F. The molecule has 1 rings (SSSR count). The van der Waals surface area contributed by atoms with Gasteiger partial charge in [-0.25, -0.2) is 9.18 Å². The van der Waals surface area contributed by atoms with E-state index in [2.05, 4.69) is 5.32 Å². The Morgan fingerprint density at radius 2 is 2.00 bits per heavy atom. The summed E-state index contributed by atoms with van der Waals surface area (Å²) < 4.78 is 13.8. The van der Waals surface area contributed by atoms with E-state index < -0.39 is 17.7 Å². The molecule has 0 saturated carbocycles. The minimum atomic E-state index is -1.15. The number of carbonyl (C=O) groups excluding carboxylic acids is 2. The van der Waals surface area contributed by atoms with Crippen LogP contribution >= 0.6 is 0 Å². The molecular formula is C14H15FN2O4. The molecule has 0 aliphatic carbocycles. The molecule has 0 radical (unpaired) electrons. The van der Waals surface area contributed by atoms with Gasteiger partial charge in [0.2, 0.25) is 5.91 Å². The molecule has 112 valence electrons. The van der Waals surface area contributed by atoms with Gasteiger partial charge in [-0.05, 0) is 23.8 Å². The Bertz CT molecular complexity index is 597. The van der Waals surface area contributed by atoms with Crippen molar-refractivity contribution in [3.63, 3.8) is 0 Å². The van der Waals surface area contributed by atoms with Crippen LogP contribution in [0.1, 0.15) is 15.9 Å². The number of carbonyl (C=O) groups is 3. The lowest BCUT2D eigenvalue weighted by Gasteiger charge is -2.11. The van der Waals surface area contributed by atoms with Crippen LogP contribution in [0.3, 0.4) is 0 Å². The fraction of sp³-hybridized carbons (Fsp3) is 0.214. The lowest BCUT2D eigenvalue weighted by molar-refractivity contribution is -0.131. The topological polar surface area (TPSA) is 86.7 Å². The zero-order valence-electron chi connectivity index (χ0n) is 11.6. The third kappa shape index (κ3) is 5.06. The molecule has 0 heterocycles. The van der Waals surface area contributed by atoms with E-state index in [1.807, 2.05) is 0 Å². The maximum atomic E-state index is 13.8. The van der Waals surface area contributed by atoms with Crippen LogP contribution in [-0.2, 0) is 9.59 Å². The van der Waals surface area contributed by atoms with Crippen molar-refractivity contribution in [1.82, 2.24) is 10.2 Å². The molecule has 7 heteroatoms. The molecule has 2 N–H and O–H groups in total. The summed E-state index contributed by atoms with van der Waals surface area (Å²) in [7, 11) is 3.08. The fourth-order valence-corrected chi connectivity index (χ4v) is 1.40. The predicted octanol–water partition coefficient (Wildman–Crippen LogP) is 0.742. The van der Waals surface area contributed by atoms with Crippen molar-refractivity contribution >= 4 is 23.9 Å². The predicted molar refractivity (Wildman–Crippen MR) is 74.1 cm³/mol. The molecule has 0 aliphatic heterocycles. The average Bonchev–Trinajstić information content (AvgIpc) is 2.42. The number of nitrogens with one attached hydrogen (secondary N) is 1. The molecular weight excluding hydrogens is 279 g/mol. The molecule has 21 heavy (non-hydrogen) atoms. The monoisotopic (exact) mass is 294 g/mol. The normalized spacial score (nSPS) is 10.4. The number of rotatable bonds is 5. The summed E-state index contributed by atoms with van der Waals surface area (Å²) in [5.74, 6) is -2.97. The van der Waals surface area contributed by atoms with Crippen LogP contribution in [-0.4, -0.2) is 48.4 Å². The highest BCUT2D eigenvalue weighted by molar-refractivity contribution is 5.97. The second-order valence-electron chi connectivity index (χ2n) is 4.38. The number of carboxylic acids is 1. The van der Waals surface area contributed by atoms with Crippen molar-refractivity contribution in [1.29, 1.82) is 0 Å². The fourth-order valence-electron chi connectivity index (χ4n) is 1.40. The molecule has 0 aliphatic rings. The highest BCUT2D eigenvalue weighted by Crippen LogP contribution is 2.12. The number of benzene rings is 1. The molecule has 1 aromatic rings. The first kappa shape index (κ1) is 16.4. The van der Waals surface area contributed by atoms with E-state index in [-0.39, 0.29) is 18.0 Å². The lowest BCUT2D eigenvalue weighted by atomic mass is 10.1. The first-order valence-electron chi connectivity index (χ1n) is 6.00. The zero-order chi connectivity index (χ0) is 16.0. The van der Waals surface area contributed by atoms with Crippen molar-refractivity contribution in [2.45, 2.75) is 0 Å². The molecule has 0 bridgehead atoms. The number of hydrogen-bond acceptors (Lipinski definition) is 3. The molecule has 1 aromatic carbocycles. The average molecular weight is 294 g/mol. The van der Waals surface area contributed by atoms with Gasteiger partial charge < -0.3 is 15.3 Å². The van der Waals surface area contributed by atoms with Gasteiger partial charge in [-0.2, -0.15) is 0 Å². The van der Waals surface area contributed by atoms with E-state index in [1.165, 1.54) is 23.1 Å². The number of nitrogens with zero attached hydrogens (tertiary/aromatic N) is 1. The van der Waals surface area contributed by atoms with E-state index in [9.17, 15) is 18.8 Å². The first-order chi connectivity index (χ1) is 9.81. The zero-order valence-corrected chi connectivity index (χ0v) is 11.6. The minimum absolute atomic E-state index is 0.214.